The van der Waals surface area contributed by atoms with Gasteiger partial charge in [-0.2, -0.15) is 13.2 Å². The van der Waals surface area contributed by atoms with E-state index in [1.54, 1.807) is 34.1 Å². The summed E-state index contributed by atoms with van der Waals surface area (Å²) in [6, 6.07) is 13.1. The first-order chi connectivity index (χ1) is 15.7. The van der Waals surface area contributed by atoms with Crippen molar-refractivity contribution in [2.75, 3.05) is 23.3 Å². The standard InChI is InChI=1S/C24H22F3N3O3/c1-16-5-10-20(19(14-16)28-22(31)21-4-2-13-33-21)30-12-3-11-29(23(30)32)15-17-6-8-18(9-7-17)24(25,26)27/h2,4-10,13-14H,3,11-12,15H2,1H3,(H,28,31). The van der Waals surface area contributed by atoms with E-state index in [4.69, 9.17) is 4.42 Å². The molecule has 1 N–H and O–H groups in total. The highest BCUT2D eigenvalue weighted by Crippen LogP contribution is 2.32. The molecule has 1 aliphatic rings. The maximum Gasteiger partial charge on any atom is 0.416 e. The van der Waals surface area contributed by atoms with Crippen LogP contribution in [0.15, 0.2) is 65.3 Å². The summed E-state index contributed by atoms with van der Waals surface area (Å²) in [7, 11) is 0. The molecule has 0 radical (unpaired) electrons. The van der Waals surface area contributed by atoms with Crippen molar-refractivity contribution in [2.24, 2.45) is 0 Å². The number of anilines is 2. The Labute approximate surface area is 188 Å². The molecule has 1 aromatic heterocycles. The highest BCUT2D eigenvalue weighted by molar-refractivity contribution is 6.06. The second-order valence-corrected chi connectivity index (χ2v) is 7.86. The van der Waals surface area contributed by atoms with E-state index in [1.807, 2.05) is 13.0 Å². The highest BCUT2D eigenvalue weighted by Gasteiger charge is 2.31. The predicted molar refractivity (Wildman–Crippen MR) is 117 cm³/mol. The van der Waals surface area contributed by atoms with Crippen LogP contribution in [0.4, 0.5) is 29.3 Å². The van der Waals surface area contributed by atoms with Gasteiger partial charge in [-0.25, -0.2) is 4.79 Å². The molecule has 0 saturated carbocycles. The third kappa shape index (κ3) is 5.02. The molecule has 0 bridgehead atoms. The van der Waals surface area contributed by atoms with E-state index in [-0.39, 0.29) is 18.3 Å². The Morgan fingerprint density at radius 3 is 2.52 bits per heavy atom. The van der Waals surface area contributed by atoms with E-state index < -0.39 is 17.6 Å². The summed E-state index contributed by atoms with van der Waals surface area (Å²) in [6.45, 7) is 3.00. The van der Waals surface area contributed by atoms with Gasteiger partial charge in [0.1, 0.15) is 0 Å². The van der Waals surface area contributed by atoms with Gasteiger partial charge in [0, 0.05) is 19.6 Å². The van der Waals surface area contributed by atoms with Gasteiger partial charge in [-0.15, -0.1) is 0 Å². The lowest BCUT2D eigenvalue weighted by Gasteiger charge is -2.36. The van der Waals surface area contributed by atoms with Crippen LogP contribution in [0.2, 0.25) is 0 Å². The number of hydrogen-bond donors (Lipinski definition) is 1. The van der Waals surface area contributed by atoms with Crippen LogP contribution in [-0.4, -0.2) is 29.9 Å². The Bertz CT molecular complexity index is 1140. The SMILES string of the molecule is Cc1ccc(N2CCCN(Cc3ccc(C(F)(F)F)cc3)C2=O)c(NC(=O)c2ccco2)c1. The summed E-state index contributed by atoms with van der Waals surface area (Å²) in [5.41, 5.74) is 1.80. The molecule has 9 heteroatoms. The number of amides is 3. The Hall–Kier alpha value is -3.75. The molecule has 1 fully saturated rings. The summed E-state index contributed by atoms with van der Waals surface area (Å²) in [5.74, 6) is -0.283. The lowest BCUT2D eigenvalue weighted by Crippen LogP contribution is -2.49. The van der Waals surface area contributed by atoms with Gasteiger partial charge in [0.25, 0.3) is 5.91 Å². The van der Waals surface area contributed by atoms with Crippen LogP contribution < -0.4 is 10.2 Å². The van der Waals surface area contributed by atoms with Crippen LogP contribution in [0.3, 0.4) is 0 Å². The van der Waals surface area contributed by atoms with Crippen molar-refractivity contribution >= 4 is 23.3 Å². The van der Waals surface area contributed by atoms with Crippen molar-refractivity contribution in [2.45, 2.75) is 26.1 Å². The third-order valence-corrected chi connectivity index (χ3v) is 5.40. The number of urea groups is 1. The third-order valence-electron chi connectivity index (χ3n) is 5.40. The number of hydrogen-bond acceptors (Lipinski definition) is 3. The molecule has 0 aliphatic carbocycles. The van der Waals surface area contributed by atoms with Crippen LogP contribution in [-0.2, 0) is 12.7 Å². The Kier molecular flexibility index (Phi) is 6.13. The van der Waals surface area contributed by atoms with E-state index in [0.29, 0.717) is 36.4 Å². The quantitative estimate of drug-likeness (QED) is 0.535. The summed E-state index contributed by atoms with van der Waals surface area (Å²) in [5, 5.41) is 2.80. The van der Waals surface area contributed by atoms with Crippen molar-refractivity contribution in [3.8, 4) is 0 Å². The van der Waals surface area contributed by atoms with Gasteiger partial charge in [-0.1, -0.05) is 18.2 Å². The van der Waals surface area contributed by atoms with Gasteiger partial charge >= 0.3 is 12.2 Å². The number of carbonyl (C=O) groups excluding carboxylic acids is 2. The Balaban J connectivity index is 1.53. The molecule has 2 aromatic carbocycles. The predicted octanol–water partition coefficient (Wildman–Crippen LogP) is 5.69. The number of furan rings is 1. The van der Waals surface area contributed by atoms with E-state index >= 15 is 0 Å². The summed E-state index contributed by atoms with van der Waals surface area (Å²) in [6.07, 6.45) is -2.33. The molecule has 3 aromatic rings. The first kappa shape index (κ1) is 22.4. The van der Waals surface area contributed by atoms with Crippen molar-refractivity contribution in [1.82, 2.24) is 4.90 Å². The zero-order chi connectivity index (χ0) is 23.6. The Morgan fingerprint density at radius 2 is 1.85 bits per heavy atom. The number of nitrogens with one attached hydrogen (secondary N) is 1. The maximum atomic E-state index is 13.2. The number of alkyl halides is 3. The fourth-order valence-corrected chi connectivity index (χ4v) is 3.75. The summed E-state index contributed by atoms with van der Waals surface area (Å²) in [4.78, 5) is 28.9. The lowest BCUT2D eigenvalue weighted by atomic mass is 10.1. The minimum atomic E-state index is -4.40. The van der Waals surface area contributed by atoms with Gasteiger partial charge in [0.05, 0.1) is 23.2 Å². The van der Waals surface area contributed by atoms with Crippen molar-refractivity contribution in [3.05, 3.63) is 83.3 Å². The molecular weight excluding hydrogens is 435 g/mol. The van der Waals surface area contributed by atoms with E-state index in [9.17, 15) is 22.8 Å². The lowest BCUT2D eigenvalue weighted by molar-refractivity contribution is -0.137. The molecular formula is C24H22F3N3O3. The number of rotatable bonds is 5. The zero-order valence-electron chi connectivity index (χ0n) is 17.9. The molecule has 2 heterocycles. The van der Waals surface area contributed by atoms with Crippen LogP contribution in [0.5, 0.6) is 0 Å². The van der Waals surface area contributed by atoms with E-state index in [2.05, 4.69) is 5.32 Å². The van der Waals surface area contributed by atoms with Crippen LogP contribution in [0, 0.1) is 6.92 Å². The second-order valence-electron chi connectivity index (χ2n) is 7.86. The van der Waals surface area contributed by atoms with Crippen molar-refractivity contribution in [3.63, 3.8) is 0 Å². The number of nitrogens with zero attached hydrogens (tertiary/aromatic N) is 2. The molecule has 1 aliphatic heterocycles. The minimum absolute atomic E-state index is 0.149. The largest absolute Gasteiger partial charge is 0.459 e. The van der Waals surface area contributed by atoms with Gasteiger partial charge < -0.3 is 14.6 Å². The average molecular weight is 457 g/mol. The smallest absolute Gasteiger partial charge is 0.416 e. The van der Waals surface area contributed by atoms with Crippen molar-refractivity contribution < 1.29 is 27.2 Å². The van der Waals surface area contributed by atoms with E-state index in [1.165, 1.54) is 18.4 Å². The van der Waals surface area contributed by atoms with Crippen molar-refractivity contribution in [1.29, 1.82) is 0 Å². The van der Waals surface area contributed by atoms with Gasteiger partial charge in [-0.05, 0) is 60.9 Å². The van der Waals surface area contributed by atoms with Gasteiger partial charge in [0.15, 0.2) is 5.76 Å². The van der Waals surface area contributed by atoms with Crippen LogP contribution in [0.25, 0.3) is 0 Å². The molecule has 0 unspecified atom stereocenters. The number of aryl methyl sites for hydroxylation is 1. The maximum absolute atomic E-state index is 13.2. The normalized spacial score (nSPS) is 14.5. The first-order valence-electron chi connectivity index (χ1n) is 10.4. The second kappa shape index (κ2) is 9.01. The van der Waals surface area contributed by atoms with E-state index in [0.717, 1.165) is 17.7 Å². The number of carbonyl (C=O) groups is 2. The molecule has 1 saturated heterocycles. The Morgan fingerprint density at radius 1 is 1.09 bits per heavy atom. The van der Waals surface area contributed by atoms with Gasteiger partial charge in [-0.3, -0.25) is 9.69 Å². The molecule has 172 valence electrons. The highest BCUT2D eigenvalue weighted by atomic mass is 19.4. The van der Waals surface area contributed by atoms with Crippen LogP contribution >= 0.6 is 0 Å². The fraction of sp³-hybridized carbons (Fsp3) is 0.250. The monoisotopic (exact) mass is 457 g/mol. The summed E-state index contributed by atoms with van der Waals surface area (Å²) < 4.78 is 43.6. The minimum Gasteiger partial charge on any atom is -0.459 e. The topological polar surface area (TPSA) is 65.8 Å². The molecule has 0 spiro atoms. The molecule has 6 nitrogen and oxygen atoms in total. The zero-order valence-corrected chi connectivity index (χ0v) is 17.9. The number of benzene rings is 2. The number of halogens is 3. The fourth-order valence-electron chi connectivity index (χ4n) is 3.75. The summed E-state index contributed by atoms with van der Waals surface area (Å²) >= 11 is 0. The molecule has 4 rings (SSSR count). The molecule has 0 atom stereocenters. The average Bonchev–Trinajstić information content (AvgIpc) is 3.31. The first-order valence-corrected chi connectivity index (χ1v) is 10.4. The van der Waals surface area contributed by atoms with Gasteiger partial charge in [0.2, 0.25) is 0 Å². The molecule has 33 heavy (non-hydrogen) atoms. The van der Waals surface area contributed by atoms with Crippen LogP contribution in [0.1, 0.15) is 33.7 Å². The molecule has 3 amide bonds.